The number of carbonyl (C=O) groups excluding carboxylic acids is 1. The minimum absolute atomic E-state index is 0.0303. The average molecular weight is 438 g/mol. The summed E-state index contributed by atoms with van der Waals surface area (Å²) in [5.74, 6) is 3.23. The van der Waals surface area contributed by atoms with Crippen molar-refractivity contribution in [3.8, 4) is 11.5 Å². The van der Waals surface area contributed by atoms with Gasteiger partial charge >= 0.3 is 0 Å². The fourth-order valence-corrected chi connectivity index (χ4v) is 5.33. The standard InChI is InChI=1S/C25H31N3O2S/c1-28-21(18-31-25(28)26-17-19-8-4-2-5-9-19)16-24(29)27-20-12-14-23(15-13-20)30-22-10-6-3-7-11-22/h3,6-7,10-15,19,21H,2,4-5,8-9,16-18H2,1H3,(H,27,29). The molecule has 0 aromatic heterocycles. The Morgan fingerprint density at radius 2 is 1.77 bits per heavy atom. The van der Waals surface area contributed by atoms with Gasteiger partial charge in [0.15, 0.2) is 5.17 Å². The Bertz CT molecular complexity index is 879. The van der Waals surface area contributed by atoms with Crippen molar-refractivity contribution in [1.29, 1.82) is 0 Å². The number of hydrogen-bond donors (Lipinski definition) is 1. The zero-order valence-corrected chi connectivity index (χ0v) is 18.9. The molecule has 1 unspecified atom stereocenters. The van der Waals surface area contributed by atoms with Crippen LogP contribution in [0.2, 0.25) is 0 Å². The summed E-state index contributed by atoms with van der Waals surface area (Å²) in [5.41, 5.74) is 0.782. The highest BCUT2D eigenvalue weighted by atomic mass is 32.2. The number of nitrogens with one attached hydrogen (secondary N) is 1. The van der Waals surface area contributed by atoms with Gasteiger partial charge in [-0.05, 0) is 55.2 Å². The van der Waals surface area contributed by atoms with E-state index in [0.29, 0.717) is 6.42 Å². The number of carbonyl (C=O) groups is 1. The highest BCUT2D eigenvalue weighted by Gasteiger charge is 2.29. The van der Waals surface area contributed by atoms with Crippen molar-refractivity contribution in [3.05, 3.63) is 54.6 Å². The molecule has 1 heterocycles. The molecule has 2 aromatic rings. The minimum Gasteiger partial charge on any atom is -0.457 e. The van der Waals surface area contributed by atoms with Crippen LogP contribution in [0.15, 0.2) is 59.6 Å². The molecule has 0 spiro atoms. The molecule has 2 fully saturated rings. The van der Waals surface area contributed by atoms with Crippen LogP contribution >= 0.6 is 11.8 Å². The molecule has 5 nitrogen and oxygen atoms in total. The first-order chi connectivity index (χ1) is 15.2. The van der Waals surface area contributed by atoms with Gasteiger partial charge < -0.3 is 15.0 Å². The molecule has 1 atom stereocenters. The Balaban J connectivity index is 1.24. The number of amides is 1. The summed E-state index contributed by atoms with van der Waals surface area (Å²) in [7, 11) is 2.06. The largest absolute Gasteiger partial charge is 0.457 e. The second-order valence-electron chi connectivity index (χ2n) is 8.39. The average Bonchev–Trinajstić information content (AvgIpc) is 3.14. The Labute approximate surface area is 189 Å². The van der Waals surface area contributed by atoms with Crippen LogP contribution < -0.4 is 10.1 Å². The molecule has 0 radical (unpaired) electrons. The third kappa shape index (κ3) is 6.26. The van der Waals surface area contributed by atoms with E-state index in [1.165, 1.54) is 32.1 Å². The first-order valence-electron chi connectivity index (χ1n) is 11.2. The van der Waals surface area contributed by atoms with Crippen LogP contribution in [0.1, 0.15) is 38.5 Å². The van der Waals surface area contributed by atoms with E-state index in [-0.39, 0.29) is 11.9 Å². The number of thioether (sulfide) groups is 1. The smallest absolute Gasteiger partial charge is 0.226 e. The van der Waals surface area contributed by atoms with Crippen LogP contribution in [-0.2, 0) is 4.79 Å². The maximum absolute atomic E-state index is 12.6. The van der Waals surface area contributed by atoms with Gasteiger partial charge in [-0.2, -0.15) is 0 Å². The lowest BCUT2D eigenvalue weighted by molar-refractivity contribution is -0.116. The lowest BCUT2D eigenvalue weighted by atomic mass is 9.89. The molecule has 1 N–H and O–H groups in total. The van der Waals surface area contributed by atoms with Crippen LogP contribution in [0.25, 0.3) is 0 Å². The predicted octanol–water partition coefficient (Wildman–Crippen LogP) is 5.79. The van der Waals surface area contributed by atoms with E-state index in [9.17, 15) is 4.79 Å². The molecule has 6 heteroatoms. The highest BCUT2D eigenvalue weighted by Crippen LogP contribution is 2.28. The lowest BCUT2D eigenvalue weighted by Gasteiger charge is -2.22. The number of ether oxygens (including phenoxy) is 1. The Kier molecular flexibility index (Phi) is 7.52. The number of anilines is 1. The molecule has 31 heavy (non-hydrogen) atoms. The van der Waals surface area contributed by atoms with Gasteiger partial charge in [-0.15, -0.1) is 0 Å². The highest BCUT2D eigenvalue weighted by molar-refractivity contribution is 8.14. The summed E-state index contributed by atoms with van der Waals surface area (Å²) in [5, 5.41) is 4.10. The number of hydrogen-bond acceptors (Lipinski definition) is 4. The summed E-state index contributed by atoms with van der Waals surface area (Å²) in [6.45, 7) is 0.934. The fraction of sp³-hybridized carbons (Fsp3) is 0.440. The monoisotopic (exact) mass is 437 g/mol. The summed E-state index contributed by atoms with van der Waals surface area (Å²) in [6.07, 6.45) is 7.16. The van der Waals surface area contributed by atoms with Gasteiger partial charge in [-0.3, -0.25) is 9.79 Å². The number of benzene rings is 2. The maximum Gasteiger partial charge on any atom is 0.226 e. The SMILES string of the molecule is CN1C(=NCC2CCCCC2)SCC1CC(=O)Nc1ccc(Oc2ccccc2)cc1. The first kappa shape index (κ1) is 21.8. The number of para-hydroxylation sites is 1. The van der Waals surface area contributed by atoms with Crippen molar-refractivity contribution < 1.29 is 9.53 Å². The zero-order valence-electron chi connectivity index (χ0n) is 18.1. The molecular weight excluding hydrogens is 406 g/mol. The van der Waals surface area contributed by atoms with E-state index in [1.807, 2.05) is 54.6 Å². The first-order valence-corrected chi connectivity index (χ1v) is 12.2. The van der Waals surface area contributed by atoms with Crippen LogP contribution in [0.5, 0.6) is 11.5 Å². The molecule has 164 valence electrons. The van der Waals surface area contributed by atoms with E-state index in [0.717, 1.165) is 40.6 Å². The molecule has 0 bridgehead atoms. The number of nitrogens with zero attached hydrogens (tertiary/aromatic N) is 2. The third-order valence-electron chi connectivity index (χ3n) is 6.00. The lowest BCUT2D eigenvalue weighted by Crippen LogP contribution is -2.33. The van der Waals surface area contributed by atoms with E-state index in [4.69, 9.17) is 9.73 Å². The second kappa shape index (κ2) is 10.7. The fourth-order valence-electron chi connectivity index (χ4n) is 4.13. The molecule has 2 aliphatic rings. The normalized spacial score (nSPS) is 20.7. The van der Waals surface area contributed by atoms with Crippen molar-refractivity contribution in [1.82, 2.24) is 4.90 Å². The molecule has 1 aliphatic heterocycles. The van der Waals surface area contributed by atoms with Crippen molar-refractivity contribution in [3.63, 3.8) is 0 Å². The van der Waals surface area contributed by atoms with Gasteiger partial charge in [0, 0.05) is 37.5 Å². The van der Waals surface area contributed by atoms with Crippen LogP contribution in [-0.4, -0.2) is 41.4 Å². The Morgan fingerprint density at radius 1 is 1.06 bits per heavy atom. The molecular formula is C25H31N3O2S. The molecule has 1 aliphatic carbocycles. The van der Waals surface area contributed by atoms with Crippen LogP contribution in [0.4, 0.5) is 5.69 Å². The van der Waals surface area contributed by atoms with E-state index < -0.39 is 0 Å². The van der Waals surface area contributed by atoms with Crippen molar-refractivity contribution in [2.45, 2.75) is 44.6 Å². The summed E-state index contributed by atoms with van der Waals surface area (Å²) >= 11 is 1.78. The van der Waals surface area contributed by atoms with Gasteiger partial charge in [0.05, 0.1) is 0 Å². The molecule has 4 rings (SSSR count). The summed E-state index contributed by atoms with van der Waals surface area (Å²) in [4.78, 5) is 19.6. The predicted molar refractivity (Wildman–Crippen MR) is 129 cm³/mol. The van der Waals surface area contributed by atoms with Gasteiger partial charge in [0.2, 0.25) is 5.91 Å². The van der Waals surface area contributed by atoms with Gasteiger partial charge in [0.25, 0.3) is 0 Å². The Morgan fingerprint density at radius 3 is 2.52 bits per heavy atom. The topological polar surface area (TPSA) is 53.9 Å². The molecule has 1 amide bonds. The van der Waals surface area contributed by atoms with E-state index in [2.05, 4.69) is 17.3 Å². The van der Waals surface area contributed by atoms with Crippen molar-refractivity contribution in [2.75, 3.05) is 24.7 Å². The summed E-state index contributed by atoms with van der Waals surface area (Å²) in [6, 6.07) is 17.3. The minimum atomic E-state index is 0.0303. The summed E-state index contributed by atoms with van der Waals surface area (Å²) < 4.78 is 5.80. The second-order valence-corrected chi connectivity index (χ2v) is 9.38. The van der Waals surface area contributed by atoms with Crippen molar-refractivity contribution in [2.24, 2.45) is 10.9 Å². The third-order valence-corrected chi connectivity index (χ3v) is 7.23. The number of amidine groups is 1. The molecule has 2 aromatic carbocycles. The van der Waals surface area contributed by atoms with Gasteiger partial charge in [0.1, 0.15) is 11.5 Å². The van der Waals surface area contributed by atoms with E-state index >= 15 is 0 Å². The van der Waals surface area contributed by atoms with E-state index in [1.54, 1.807) is 11.8 Å². The number of rotatable bonds is 7. The quantitative estimate of drug-likeness (QED) is 0.596. The Hall–Kier alpha value is -2.47. The number of aliphatic imine (C=N–C) groups is 1. The van der Waals surface area contributed by atoms with Gasteiger partial charge in [-0.1, -0.05) is 49.2 Å². The van der Waals surface area contributed by atoms with Crippen LogP contribution in [0, 0.1) is 5.92 Å². The van der Waals surface area contributed by atoms with Gasteiger partial charge in [-0.25, -0.2) is 0 Å². The van der Waals surface area contributed by atoms with Crippen molar-refractivity contribution >= 4 is 28.5 Å². The molecule has 1 saturated heterocycles. The molecule has 1 saturated carbocycles. The van der Waals surface area contributed by atoms with Crippen LogP contribution in [0.3, 0.4) is 0 Å². The maximum atomic E-state index is 12.6. The zero-order chi connectivity index (χ0) is 21.5.